The molecule has 0 amide bonds. The molecule has 4 heterocycles. The molecule has 5 nitrogen and oxygen atoms in total. The van der Waals surface area contributed by atoms with Crippen molar-refractivity contribution in [3.8, 4) is 34.1 Å². The van der Waals surface area contributed by atoms with Gasteiger partial charge in [-0.3, -0.25) is 4.40 Å². The molecule has 0 spiro atoms. The van der Waals surface area contributed by atoms with Crippen LogP contribution in [-0.4, -0.2) is 14.1 Å². The molecule has 0 atom stereocenters. The van der Waals surface area contributed by atoms with E-state index in [1.54, 1.807) is 39.3 Å². The second kappa shape index (κ2) is 14.8. The van der Waals surface area contributed by atoms with E-state index in [4.69, 9.17) is 20.7 Å². The Morgan fingerprint density at radius 3 is 2.11 bits per heavy atom. The third-order valence-corrected chi connectivity index (χ3v) is 11.4. The smallest absolute Gasteiger partial charge is 0.268 e. The molecule has 2 bridgehead atoms. The van der Waals surface area contributed by atoms with Crippen LogP contribution in [0.25, 0.3) is 82.5 Å². The summed E-state index contributed by atoms with van der Waals surface area (Å²) in [5, 5.41) is 2.97. The second-order valence-corrected chi connectivity index (χ2v) is 17.5. The zero-order valence-electron chi connectivity index (χ0n) is 43.8. The molecule has 4 aromatic heterocycles. The predicted octanol–water partition coefficient (Wildman–Crippen LogP) is 13.6. The van der Waals surface area contributed by atoms with Gasteiger partial charge in [0.25, 0.3) is 6.33 Å². The molecule has 7 aromatic carbocycles. The number of hydrogen-bond donors (Lipinski definition) is 0. The van der Waals surface area contributed by atoms with E-state index < -0.39 is 35.6 Å². The minimum Gasteiger partial charge on any atom is -0.510 e. The Morgan fingerprint density at radius 1 is 0.629 bits per heavy atom. The van der Waals surface area contributed by atoms with Gasteiger partial charge in [0.2, 0.25) is 0 Å². The number of ether oxygens (including phenoxy) is 1. The minimum atomic E-state index is -0.540. The van der Waals surface area contributed by atoms with Gasteiger partial charge in [-0.15, -0.1) is 29.7 Å². The van der Waals surface area contributed by atoms with E-state index in [1.807, 2.05) is 54.7 Å². The van der Waals surface area contributed by atoms with Crippen molar-refractivity contribution in [1.29, 1.82) is 0 Å². The molecule has 0 N–H and O–H groups in total. The molecule has 0 radical (unpaired) electrons. The Balaban J connectivity index is 0.00000582. The average Bonchev–Trinajstić information content (AvgIpc) is 3.88. The predicted molar refractivity (Wildman–Crippen MR) is 249 cm³/mol. The van der Waals surface area contributed by atoms with E-state index in [-0.39, 0.29) is 78.1 Å². The van der Waals surface area contributed by atoms with Crippen molar-refractivity contribution in [1.82, 2.24) is 14.1 Å². The van der Waals surface area contributed by atoms with Crippen LogP contribution in [0.3, 0.4) is 0 Å². The molecule has 0 aliphatic heterocycles. The quantitative estimate of drug-likeness (QED) is 0.127. The number of rotatable bonds is 5. The van der Waals surface area contributed by atoms with Gasteiger partial charge in [0.05, 0.1) is 28.9 Å². The number of pyridine rings is 1. The van der Waals surface area contributed by atoms with Crippen molar-refractivity contribution in [2.45, 2.75) is 52.4 Å². The molecule has 0 fully saturated rings. The SMILES string of the molecule is [2H]c1c([2H])c([2H])c(-c2cccc3c4c([2H])c([2H])c([2H])c(c4[2H])c4cccc5c4[n+]([c-]n5-c4[c-]c(Oc5[c-]c6c(cc5)c5ccccc5n6-c5cc(C(C)(C)C)ccn5)cc(C(C)(C)C)c4)c23)c([2H])c1[2H].[Pt]. The summed E-state index contributed by atoms with van der Waals surface area (Å²) in [6.07, 6.45) is 5.38. The van der Waals surface area contributed by atoms with Gasteiger partial charge in [-0.1, -0.05) is 150 Å². The van der Waals surface area contributed by atoms with E-state index in [0.717, 1.165) is 38.8 Å². The summed E-state index contributed by atoms with van der Waals surface area (Å²) in [5.41, 5.74) is 5.32. The Bertz CT molecular complexity index is 4050. The molecule has 11 aromatic rings. The van der Waals surface area contributed by atoms with Gasteiger partial charge in [-0.25, -0.2) is 4.98 Å². The molecule has 306 valence electrons. The number of hydrogen-bond acceptors (Lipinski definition) is 2. The van der Waals surface area contributed by atoms with Crippen molar-refractivity contribution >= 4 is 59.9 Å². The standard InChI is InChI=1S/C56H44N4O.Pt/c1-55(2,3)39-27-28-57-52(32-39)60-49-23-11-10-19-47(49)48-26-25-42(34-51(48)60)61-43-31-40(56(4,5)6)30-41(33-43)58-35-59-53-44(36-15-8-7-9-16-36)20-13-21-45(53)37-17-12-18-38(29-37)46-22-14-24-50(58)54(46)59;/h7-32H,1-6H3;/q-2;/i7D,8D,9D,12D,15D,16D,17D,18D,29D;. The zero-order valence-corrected chi connectivity index (χ0v) is 37.1. The van der Waals surface area contributed by atoms with Crippen LogP contribution in [0.15, 0.2) is 158 Å². The molecule has 11 rings (SSSR count). The summed E-state index contributed by atoms with van der Waals surface area (Å²) in [6, 6.07) is 34.2. The monoisotopic (exact) mass is 992 g/mol. The first-order valence-corrected chi connectivity index (χ1v) is 20.2. The Hall–Kier alpha value is -6.55. The Kier molecular flexibility index (Phi) is 7.28. The van der Waals surface area contributed by atoms with E-state index >= 15 is 0 Å². The van der Waals surface area contributed by atoms with Crippen LogP contribution in [0.2, 0.25) is 0 Å². The molecule has 0 unspecified atom stereocenters. The maximum Gasteiger partial charge on any atom is 0.268 e. The van der Waals surface area contributed by atoms with Gasteiger partial charge < -0.3 is 13.9 Å². The topological polar surface area (TPSA) is 36.1 Å². The number of para-hydroxylation sites is 3. The maximum atomic E-state index is 9.59. The average molecular weight is 993 g/mol. The number of aromatic nitrogens is 4. The maximum absolute atomic E-state index is 9.59. The summed E-state index contributed by atoms with van der Waals surface area (Å²) in [4.78, 5) is 4.84. The van der Waals surface area contributed by atoms with E-state index in [2.05, 4.69) is 82.8 Å². The van der Waals surface area contributed by atoms with Gasteiger partial charge >= 0.3 is 0 Å². The van der Waals surface area contributed by atoms with Crippen molar-refractivity contribution in [2.24, 2.45) is 0 Å². The van der Waals surface area contributed by atoms with E-state index in [1.165, 1.54) is 0 Å². The van der Waals surface area contributed by atoms with Crippen LogP contribution in [0.4, 0.5) is 0 Å². The van der Waals surface area contributed by atoms with Crippen LogP contribution in [0.5, 0.6) is 11.5 Å². The van der Waals surface area contributed by atoms with Gasteiger partial charge in [-0.2, -0.15) is 17.7 Å². The molecular weight excluding hydrogens is 940 g/mol. The zero-order chi connectivity index (χ0) is 49.5. The van der Waals surface area contributed by atoms with Crippen molar-refractivity contribution in [3.63, 3.8) is 0 Å². The summed E-state index contributed by atoms with van der Waals surface area (Å²) < 4.78 is 93.0. The molecule has 0 aliphatic rings. The fourth-order valence-electron chi connectivity index (χ4n) is 8.32. The normalized spacial score (nSPS) is 14.3. The van der Waals surface area contributed by atoms with Crippen LogP contribution < -0.4 is 9.14 Å². The second-order valence-electron chi connectivity index (χ2n) is 17.5. The molecule has 0 aliphatic carbocycles. The fraction of sp³-hybridized carbons (Fsp3) is 0.143. The van der Waals surface area contributed by atoms with Gasteiger partial charge in [0.1, 0.15) is 5.82 Å². The molecule has 62 heavy (non-hydrogen) atoms. The number of nitrogens with zero attached hydrogens (tertiary/aromatic N) is 4. The Labute approximate surface area is 388 Å². The van der Waals surface area contributed by atoms with Gasteiger partial charge in [0, 0.05) is 44.3 Å². The number of imidazole rings is 1. The van der Waals surface area contributed by atoms with Gasteiger partial charge in [-0.05, 0) is 84.4 Å². The van der Waals surface area contributed by atoms with Crippen molar-refractivity contribution in [2.75, 3.05) is 0 Å². The first-order valence-electron chi connectivity index (χ1n) is 24.7. The largest absolute Gasteiger partial charge is 0.510 e. The van der Waals surface area contributed by atoms with Gasteiger partial charge in [0.15, 0.2) is 0 Å². The van der Waals surface area contributed by atoms with Crippen LogP contribution in [0.1, 0.15) is 65.0 Å². The van der Waals surface area contributed by atoms with Crippen LogP contribution >= 0.6 is 0 Å². The molecule has 0 saturated heterocycles. The summed E-state index contributed by atoms with van der Waals surface area (Å²) in [6.45, 7) is 12.8. The van der Waals surface area contributed by atoms with Crippen LogP contribution in [-0.2, 0) is 31.9 Å². The molecular formula is C56H44N4OPt-2. The number of benzene rings is 7. The molecule has 6 heteroatoms. The van der Waals surface area contributed by atoms with E-state index in [9.17, 15) is 1.37 Å². The third kappa shape index (κ3) is 6.58. The molecule has 0 saturated carbocycles. The third-order valence-electron chi connectivity index (χ3n) is 11.4. The first kappa shape index (κ1) is 30.5. The van der Waals surface area contributed by atoms with Crippen molar-refractivity contribution < 1.29 is 42.5 Å². The summed E-state index contributed by atoms with van der Waals surface area (Å²) in [5.74, 6) is 1.60. The summed E-state index contributed by atoms with van der Waals surface area (Å²) >= 11 is 0. The fourth-order valence-corrected chi connectivity index (χ4v) is 8.32. The summed E-state index contributed by atoms with van der Waals surface area (Å²) in [7, 11) is 0. The minimum absolute atomic E-state index is 0. The van der Waals surface area contributed by atoms with Crippen LogP contribution in [0, 0.1) is 18.5 Å². The Morgan fingerprint density at radius 2 is 1.34 bits per heavy atom. The first-order chi connectivity index (χ1) is 33.2. The number of fused-ring (bicyclic) bond motifs is 9. The van der Waals surface area contributed by atoms with E-state index in [0.29, 0.717) is 39.0 Å². The van der Waals surface area contributed by atoms with Crippen molar-refractivity contribution in [3.05, 3.63) is 187 Å².